The summed E-state index contributed by atoms with van der Waals surface area (Å²) in [7, 11) is 4.31. The fraction of sp³-hybridized carbons (Fsp3) is 0.765. The van der Waals surface area contributed by atoms with Crippen LogP contribution in [0.15, 0.2) is 6.07 Å². The lowest BCUT2D eigenvalue weighted by Gasteiger charge is -2.36. The minimum Gasteiger partial charge on any atom is -0.395 e. The summed E-state index contributed by atoms with van der Waals surface area (Å²) < 4.78 is 5.52. The zero-order valence-electron chi connectivity index (χ0n) is 14.7. The molecule has 2 aliphatic rings. The van der Waals surface area contributed by atoms with Crippen molar-refractivity contribution < 1.29 is 9.84 Å². The quantitative estimate of drug-likeness (QED) is 0.800. The molecule has 7 heteroatoms. The lowest BCUT2D eigenvalue weighted by atomic mass is 10.0. The molecule has 0 aliphatic carbocycles. The second-order valence-corrected chi connectivity index (χ2v) is 6.87. The first-order chi connectivity index (χ1) is 11.7. The average molecular weight is 335 g/mol. The fourth-order valence-corrected chi connectivity index (χ4v) is 3.45. The first-order valence-electron chi connectivity index (χ1n) is 8.90. The van der Waals surface area contributed by atoms with E-state index in [9.17, 15) is 0 Å². The average Bonchev–Trinajstić information content (AvgIpc) is 3.14. The van der Waals surface area contributed by atoms with Crippen molar-refractivity contribution in [1.29, 1.82) is 0 Å². The molecule has 2 aliphatic heterocycles. The number of aliphatic hydroxyl groups is 1. The maximum absolute atomic E-state index is 9.05. The monoisotopic (exact) mass is 335 g/mol. The van der Waals surface area contributed by atoms with E-state index < -0.39 is 0 Å². The summed E-state index contributed by atoms with van der Waals surface area (Å²) in [5, 5.41) is 12.2. The fourth-order valence-electron chi connectivity index (χ4n) is 3.45. The molecule has 134 valence electrons. The second kappa shape index (κ2) is 8.09. The number of ether oxygens (including phenoxy) is 1. The number of rotatable bonds is 6. The van der Waals surface area contributed by atoms with E-state index in [-0.39, 0.29) is 6.61 Å². The standard InChI is InChI=1S/C17H29N5O2/c1-21(2)14-3-7-22(8-4-14)16-11-15(13-5-10-24-12-13)19-17(20-16)18-6-9-23/h11,13-14,23H,3-10,12H2,1-2H3,(H,18,19,20)/t13-/m1/s1. The molecule has 0 bridgehead atoms. The number of hydrogen-bond acceptors (Lipinski definition) is 7. The van der Waals surface area contributed by atoms with Crippen molar-refractivity contribution in [1.82, 2.24) is 14.9 Å². The van der Waals surface area contributed by atoms with Crippen LogP contribution in [0.5, 0.6) is 0 Å². The van der Waals surface area contributed by atoms with Gasteiger partial charge in [0.05, 0.1) is 18.9 Å². The second-order valence-electron chi connectivity index (χ2n) is 6.87. The molecule has 7 nitrogen and oxygen atoms in total. The van der Waals surface area contributed by atoms with E-state index in [0.29, 0.717) is 24.5 Å². The van der Waals surface area contributed by atoms with Gasteiger partial charge in [0, 0.05) is 44.3 Å². The number of nitrogens with zero attached hydrogens (tertiary/aromatic N) is 4. The number of anilines is 2. The highest BCUT2D eigenvalue weighted by atomic mass is 16.5. The van der Waals surface area contributed by atoms with Crippen LogP contribution in [0.4, 0.5) is 11.8 Å². The molecule has 0 spiro atoms. The van der Waals surface area contributed by atoms with Crippen LogP contribution in [0, 0.1) is 0 Å². The number of hydrogen-bond donors (Lipinski definition) is 2. The zero-order chi connectivity index (χ0) is 16.9. The summed E-state index contributed by atoms with van der Waals surface area (Å²) in [6.07, 6.45) is 3.31. The van der Waals surface area contributed by atoms with Crippen molar-refractivity contribution in [3.8, 4) is 0 Å². The van der Waals surface area contributed by atoms with Crippen molar-refractivity contribution >= 4 is 11.8 Å². The van der Waals surface area contributed by atoms with Gasteiger partial charge in [0.1, 0.15) is 5.82 Å². The number of piperidine rings is 1. The van der Waals surface area contributed by atoms with Crippen molar-refractivity contribution in [3.05, 3.63) is 11.8 Å². The van der Waals surface area contributed by atoms with Crippen molar-refractivity contribution in [2.75, 3.05) is 63.8 Å². The van der Waals surface area contributed by atoms with E-state index in [1.165, 1.54) is 0 Å². The minimum absolute atomic E-state index is 0.0731. The highest BCUT2D eigenvalue weighted by Gasteiger charge is 2.25. The molecular formula is C17H29N5O2. The maximum atomic E-state index is 9.05. The predicted molar refractivity (Wildman–Crippen MR) is 94.7 cm³/mol. The van der Waals surface area contributed by atoms with Crippen LogP contribution in [0.3, 0.4) is 0 Å². The van der Waals surface area contributed by atoms with E-state index >= 15 is 0 Å². The van der Waals surface area contributed by atoms with Gasteiger partial charge in [-0.25, -0.2) is 4.98 Å². The van der Waals surface area contributed by atoms with Gasteiger partial charge >= 0.3 is 0 Å². The van der Waals surface area contributed by atoms with Crippen LogP contribution < -0.4 is 10.2 Å². The highest BCUT2D eigenvalue weighted by Crippen LogP contribution is 2.28. The number of nitrogens with one attached hydrogen (secondary N) is 1. The Bertz CT molecular complexity index is 526. The van der Waals surface area contributed by atoms with Crippen LogP contribution in [0.1, 0.15) is 30.9 Å². The molecule has 0 aromatic carbocycles. The topological polar surface area (TPSA) is 73.8 Å². The molecule has 0 amide bonds. The maximum Gasteiger partial charge on any atom is 0.224 e. The summed E-state index contributed by atoms with van der Waals surface area (Å²) in [4.78, 5) is 14.0. The Labute approximate surface area is 144 Å². The Kier molecular flexibility index (Phi) is 5.86. The summed E-state index contributed by atoms with van der Waals surface area (Å²) >= 11 is 0. The third-order valence-corrected chi connectivity index (χ3v) is 4.99. The van der Waals surface area contributed by atoms with Crippen LogP contribution in [0.25, 0.3) is 0 Å². The Hall–Kier alpha value is -1.44. The molecule has 2 fully saturated rings. The summed E-state index contributed by atoms with van der Waals surface area (Å²) in [6.45, 7) is 4.10. The molecule has 0 unspecified atom stereocenters. The number of aromatic nitrogens is 2. The van der Waals surface area contributed by atoms with Crippen molar-refractivity contribution in [3.63, 3.8) is 0 Å². The molecule has 0 saturated carbocycles. The lowest BCUT2D eigenvalue weighted by Crippen LogP contribution is -2.42. The van der Waals surface area contributed by atoms with Crippen LogP contribution in [-0.4, -0.2) is 79.6 Å². The minimum atomic E-state index is 0.0731. The van der Waals surface area contributed by atoms with Gasteiger partial charge < -0.3 is 25.0 Å². The third kappa shape index (κ3) is 4.15. The SMILES string of the molecule is CN(C)C1CCN(c2cc([C@@H]3CCOC3)nc(NCCO)n2)CC1. The van der Waals surface area contributed by atoms with Gasteiger partial charge in [-0.1, -0.05) is 0 Å². The van der Waals surface area contributed by atoms with Crippen molar-refractivity contribution in [2.45, 2.75) is 31.2 Å². The van der Waals surface area contributed by atoms with Gasteiger partial charge in [-0.05, 0) is 33.4 Å². The summed E-state index contributed by atoms with van der Waals surface area (Å²) in [5.74, 6) is 1.95. The largest absolute Gasteiger partial charge is 0.395 e. The molecule has 1 aromatic heterocycles. The molecule has 1 atom stereocenters. The predicted octanol–water partition coefficient (Wildman–Crippen LogP) is 0.915. The molecular weight excluding hydrogens is 306 g/mol. The van der Waals surface area contributed by atoms with E-state index in [2.05, 4.69) is 45.2 Å². The zero-order valence-corrected chi connectivity index (χ0v) is 14.7. The molecule has 24 heavy (non-hydrogen) atoms. The Balaban J connectivity index is 1.76. The number of aliphatic hydroxyl groups excluding tert-OH is 1. The molecule has 3 heterocycles. The van der Waals surface area contributed by atoms with Gasteiger partial charge in [-0.2, -0.15) is 4.98 Å². The van der Waals surface area contributed by atoms with Gasteiger partial charge in [0.25, 0.3) is 0 Å². The first-order valence-corrected chi connectivity index (χ1v) is 8.90. The third-order valence-electron chi connectivity index (χ3n) is 4.99. The van der Waals surface area contributed by atoms with Gasteiger partial charge in [-0.3, -0.25) is 0 Å². The van der Waals surface area contributed by atoms with Crippen LogP contribution in [0.2, 0.25) is 0 Å². The lowest BCUT2D eigenvalue weighted by molar-refractivity contribution is 0.193. The molecule has 0 radical (unpaired) electrons. The first kappa shape index (κ1) is 17.4. The molecule has 2 N–H and O–H groups in total. The van der Waals surface area contributed by atoms with E-state index in [0.717, 1.165) is 57.1 Å². The van der Waals surface area contributed by atoms with Gasteiger partial charge in [-0.15, -0.1) is 0 Å². The van der Waals surface area contributed by atoms with Crippen LogP contribution >= 0.6 is 0 Å². The molecule has 1 aromatic rings. The Morgan fingerprint density at radius 3 is 2.71 bits per heavy atom. The summed E-state index contributed by atoms with van der Waals surface area (Å²) in [5.41, 5.74) is 1.05. The van der Waals surface area contributed by atoms with E-state index in [4.69, 9.17) is 9.84 Å². The van der Waals surface area contributed by atoms with Gasteiger partial charge in [0.15, 0.2) is 0 Å². The van der Waals surface area contributed by atoms with Crippen molar-refractivity contribution in [2.24, 2.45) is 0 Å². The Morgan fingerprint density at radius 2 is 2.08 bits per heavy atom. The van der Waals surface area contributed by atoms with Gasteiger partial charge in [0.2, 0.25) is 5.95 Å². The molecule has 2 saturated heterocycles. The Morgan fingerprint density at radius 1 is 1.29 bits per heavy atom. The van der Waals surface area contributed by atoms with E-state index in [1.54, 1.807) is 0 Å². The summed E-state index contributed by atoms with van der Waals surface area (Å²) in [6, 6.07) is 2.78. The van der Waals surface area contributed by atoms with E-state index in [1.807, 2.05) is 0 Å². The highest BCUT2D eigenvalue weighted by molar-refractivity contribution is 5.46. The normalized spacial score (nSPS) is 22.3. The van der Waals surface area contributed by atoms with Crippen LogP contribution in [-0.2, 0) is 4.74 Å². The smallest absolute Gasteiger partial charge is 0.224 e. The molecule has 3 rings (SSSR count).